The fourth-order valence-electron chi connectivity index (χ4n) is 2.79. The van der Waals surface area contributed by atoms with E-state index in [-0.39, 0.29) is 53.8 Å². The predicted octanol–water partition coefficient (Wildman–Crippen LogP) is 5.14. The van der Waals surface area contributed by atoms with E-state index in [1.54, 1.807) is 13.3 Å². The third-order valence-electron chi connectivity index (χ3n) is 4.23. The van der Waals surface area contributed by atoms with Crippen LogP contribution in [0.2, 0.25) is 0 Å². The average molecular weight is 413 g/mol. The van der Waals surface area contributed by atoms with E-state index in [1.807, 2.05) is 6.92 Å². The van der Waals surface area contributed by atoms with Crippen LogP contribution in [-0.2, 0) is 21.6 Å². The number of alkyl halides is 2. The number of carbonyl (C=O) groups is 1. The summed E-state index contributed by atoms with van der Waals surface area (Å²) in [6, 6.07) is 4.07. The summed E-state index contributed by atoms with van der Waals surface area (Å²) in [6.07, 6.45) is 4.00. The predicted molar refractivity (Wildman–Crippen MR) is 91.2 cm³/mol. The van der Waals surface area contributed by atoms with Gasteiger partial charge in [-0.3, -0.25) is 4.79 Å². The Morgan fingerprint density at radius 3 is 2.81 bits per heavy atom. The summed E-state index contributed by atoms with van der Waals surface area (Å²) in [6.45, 7) is 3.66. The number of rotatable bonds is 6. The van der Waals surface area contributed by atoms with Gasteiger partial charge in [0, 0.05) is 41.4 Å². The Morgan fingerprint density at radius 2 is 2.19 bits per heavy atom. The van der Waals surface area contributed by atoms with E-state index < -0.39 is 11.7 Å². The Bertz CT molecular complexity index is 650. The smallest absolute Gasteiger partial charge is 0.248 e. The number of carbonyl (C=O) groups excluding carboxylic acids is 1. The van der Waals surface area contributed by atoms with E-state index >= 15 is 0 Å². The molecule has 1 N–H and O–H groups in total. The monoisotopic (exact) mass is 413 g/mol. The summed E-state index contributed by atoms with van der Waals surface area (Å²) in [4.78, 5) is 11.7. The number of allylic oxidation sites excluding steroid dienone is 1. The van der Waals surface area contributed by atoms with Crippen LogP contribution in [0.5, 0.6) is 5.75 Å². The first-order valence-electron chi connectivity index (χ1n) is 8.38. The minimum Gasteiger partial charge on any atom is -0.490 e. The molecule has 1 saturated carbocycles. The second kappa shape index (κ2) is 9.92. The molecule has 1 unspecified atom stereocenters. The fourth-order valence-corrected chi connectivity index (χ4v) is 2.79. The Hall–Kier alpha value is -1.60. The molecule has 1 amide bonds. The zero-order valence-corrected chi connectivity index (χ0v) is 15.8. The van der Waals surface area contributed by atoms with Crippen molar-refractivity contribution in [2.75, 3.05) is 11.9 Å². The second-order valence-electron chi connectivity index (χ2n) is 6.44. The number of hydrogen-bond acceptors (Lipinski definition) is 2. The van der Waals surface area contributed by atoms with Crippen molar-refractivity contribution in [2.24, 2.45) is 5.92 Å². The summed E-state index contributed by atoms with van der Waals surface area (Å²) in [5, 5.41) is 2.56. The molecule has 3 nitrogen and oxygen atoms in total. The molecule has 1 aliphatic carbocycles. The van der Waals surface area contributed by atoms with Crippen LogP contribution in [0.1, 0.15) is 39.5 Å². The zero-order chi connectivity index (χ0) is 18.4. The van der Waals surface area contributed by atoms with Crippen LogP contribution in [0.15, 0.2) is 29.8 Å². The molecule has 0 bridgehead atoms. The van der Waals surface area contributed by atoms with Crippen LogP contribution in [0.4, 0.5) is 18.9 Å². The summed E-state index contributed by atoms with van der Waals surface area (Å²) in [5.74, 6) is -3.92. The van der Waals surface area contributed by atoms with E-state index in [0.29, 0.717) is 18.5 Å². The third kappa shape index (κ3) is 6.95. The van der Waals surface area contributed by atoms with Crippen LogP contribution in [0.3, 0.4) is 0 Å². The standard InChI is InChI=1S/C19H23F3NO2.Co/c1-3-13(2)9-18(24)23-15-6-7-17(16(20)10-15)25-12-14-5-4-8-19(21,22)11-14;/h3,6-7,9-10,14H,4-5,8,11-12H2,1-2H3,(H,23,24);/q-1;/b13-9+;. The molecule has 0 aromatic heterocycles. The van der Waals surface area contributed by atoms with E-state index in [9.17, 15) is 18.0 Å². The van der Waals surface area contributed by atoms with E-state index in [0.717, 1.165) is 11.6 Å². The Kier molecular flexibility index (Phi) is 8.56. The first kappa shape index (κ1) is 22.4. The average Bonchev–Trinajstić information content (AvgIpc) is 2.53. The molecule has 26 heavy (non-hydrogen) atoms. The number of halogens is 3. The summed E-state index contributed by atoms with van der Waals surface area (Å²) >= 11 is 0. The molecular formula is C19H23CoF3NO2-. The van der Waals surface area contributed by atoms with Crippen molar-refractivity contribution in [3.8, 4) is 5.75 Å². The molecular weight excluding hydrogens is 390 g/mol. The fraction of sp³-hybridized carbons (Fsp3) is 0.474. The van der Waals surface area contributed by atoms with Gasteiger partial charge in [-0.1, -0.05) is 6.92 Å². The largest absolute Gasteiger partial charge is 0.490 e. The van der Waals surface area contributed by atoms with Gasteiger partial charge in [-0.2, -0.15) is 0 Å². The maximum atomic E-state index is 14.1. The molecule has 0 heterocycles. The van der Waals surface area contributed by atoms with Crippen molar-refractivity contribution in [1.29, 1.82) is 0 Å². The molecule has 147 valence electrons. The van der Waals surface area contributed by atoms with Crippen LogP contribution in [0, 0.1) is 18.2 Å². The number of amides is 1. The summed E-state index contributed by atoms with van der Waals surface area (Å²) in [7, 11) is 0. The first-order chi connectivity index (χ1) is 11.8. The van der Waals surface area contributed by atoms with Crippen LogP contribution in [-0.4, -0.2) is 18.4 Å². The molecule has 1 aromatic carbocycles. The number of ether oxygens (including phenoxy) is 1. The van der Waals surface area contributed by atoms with Crippen LogP contribution >= 0.6 is 0 Å². The molecule has 1 atom stereocenters. The molecule has 7 heteroatoms. The first-order valence-corrected chi connectivity index (χ1v) is 8.38. The van der Waals surface area contributed by atoms with Crippen molar-refractivity contribution in [1.82, 2.24) is 0 Å². The minimum absolute atomic E-state index is 0. The van der Waals surface area contributed by atoms with Crippen molar-refractivity contribution < 1.29 is 39.5 Å². The molecule has 1 radical (unpaired) electrons. The molecule has 1 fully saturated rings. The van der Waals surface area contributed by atoms with Gasteiger partial charge >= 0.3 is 0 Å². The van der Waals surface area contributed by atoms with Crippen molar-refractivity contribution in [3.05, 3.63) is 42.1 Å². The van der Waals surface area contributed by atoms with Gasteiger partial charge in [0.2, 0.25) is 5.92 Å². The molecule has 1 aliphatic rings. The normalized spacial score (nSPS) is 19.3. The topological polar surface area (TPSA) is 38.3 Å². The van der Waals surface area contributed by atoms with Crippen LogP contribution < -0.4 is 10.1 Å². The Balaban J connectivity index is 0.00000338. The Labute approximate surface area is 162 Å². The second-order valence-corrected chi connectivity index (χ2v) is 6.44. The van der Waals surface area contributed by atoms with Gasteiger partial charge in [0.25, 0.3) is 0 Å². The Morgan fingerprint density at radius 1 is 1.46 bits per heavy atom. The number of benzene rings is 1. The van der Waals surface area contributed by atoms with Gasteiger partial charge in [0.1, 0.15) is 0 Å². The van der Waals surface area contributed by atoms with Crippen molar-refractivity contribution in [3.63, 3.8) is 0 Å². The SMILES string of the molecule is C[CH-]/C(C)=C/C(=O)Nc1ccc(OCC2CCCC(F)(F)C2)c(F)c1.[Co]. The van der Waals surface area contributed by atoms with Crippen molar-refractivity contribution in [2.45, 2.75) is 45.5 Å². The maximum Gasteiger partial charge on any atom is 0.248 e. The molecule has 0 spiro atoms. The maximum absolute atomic E-state index is 14.1. The van der Waals surface area contributed by atoms with Crippen LogP contribution in [0.25, 0.3) is 0 Å². The number of hydrogen-bond donors (Lipinski definition) is 1. The van der Waals surface area contributed by atoms with E-state index in [1.165, 1.54) is 18.2 Å². The zero-order valence-electron chi connectivity index (χ0n) is 14.8. The van der Waals surface area contributed by atoms with Crippen molar-refractivity contribution >= 4 is 11.6 Å². The number of anilines is 1. The number of nitrogens with one attached hydrogen (secondary N) is 1. The van der Waals surface area contributed by atoms with Gasteiger partial charge < -0.3 is 10.1 Å². The van der Waals surface area contributed by atoms with E-state index in [4.69, 9.17) is 4.74 Å². The summed E-state index contributed by atoms with van der Waals surface area (Å²) in [5.41, 5.74) is 1.10. The molecule has 2 rings (SSSR count). The quantitative estimate of drug-likeness (QED) is 0.518. The summed E-state index contributed by atoms with van der Waals surface area (Å²) < 4.78 is 46.2. The van der Waals surface area contributed by atoms with E-state index in [2.05, 4.69) is 5.32 Å². The van der Waals surface area contributed by atoms with Gasteiger partial charge in [-0.15, -0.1) is 13.0 Å². The third-order valence-corrected chi connectivity index (χ3v) is 4.23. The molecule has 0 aliphatic heterocycles. The van der Waals surface area contributed by atoms with Gasteiger partial charge in [-0.25, -0.2) is 25.2 Å². The molecule has 0 saturated heterocycles. The van der Waals surface area contributed by atoms with Gasteiger partial charge in [0.15, 0.2) is 17.5 Å². The van der Waals surface area contributed by atoms with Gasteiger partial charge in [0.05, 0.1) is 6.61 Å². The molecule has 1 aromatic rings. The van der Waals surface area contributed by atoms with Gasteiger partial charge in [-0.05, 0) is 30.9 Å². The minimum atomic E-state index is -2.65.